The number of nitriles is 1. The van der Waals surface area contributed by atoms with Crippen LogP contribution in [0.1, 0.15) is 42.5 Å². The van der Waals surface area contributed by atoms with Crippen LogP contribution in [0, 0.1) is 25.2 Å². The maximum absolute atomic E-state index is 9.36. The maximum Gasteiger partial charge on any atom is 0.167 e. The van der Waals surface area contributed by atoms with E-state index >= 15 is 0 Å². The summed E-state index contributed by atoms with van der Waals surface area (Å²) in [6.45, 7) is 6.20. The summed E-state index contributed by atoms with van der Waals surface area (Å²) in [4.78, 5) is 2.57. The van der Waals surface area contributed by atoms with E-state index < -0.39 is 0 Å². The summed E-state index contributed by atoms with van der Waals surface area (Å²) < 4.78 is 0. The van der Waals surface area contributed by atoms with Crippen molar-refractivity contribution in [3.05, 3.63) is 16.8 Å². The first kappa shape index (κ1) is 13.3. The minimum Gasteiger partial charge on any atom is -0.363 e. The van der Waals surface area contributed by atoms with Crippen molar-refractivity contribution in [2.45, 2.75) is 51.6 Å². The summed E-state index contributed by atoms with van der Waals surface area (Å²) >= 11 is 0. The van der Waals surface area contributed by atoms with Crippen molar-refractivity contribution in [3.8, 4) is 6.07 Å². The molecule has 0 saturated carbocycles. The van der Waals surface area contributed by atoms with Gasteiger partial charge in [0.2, 0.25) is 0 Å². The molecule has 1 aromatic rings. The summed E-state index contributed by atoms with van der Waals surface area (Å²) in [6, 6.07) is 3.27. The highest BCUT2D eigenvalue weighted by Gasteiger charge is 2.36. The molecule has 0 aromatic carbocycles. The van der Waals surface area contributed by atoms with Gasteiger partial charge >= 0.3 is 0 Å². The highest BCUT2D eigenvalue weighted by molar-refractivity contribution is 5.56. The van der Waals surface area contributed by atoms with Gasteiger partial charge in [0.25, 0.3) is 0 Å². The molecular weight excluding hydrogens is 250 g/mol. The number of hydrogen-bond donors (Lipinski definition) is 1. The van der Waals surface area contributed by atoms with E-state index in [9.17, 15) is 5.26 Å². The van der Waals surface area contributed by atoms with Gasteiger partial charge in [-0.15, -0.1) is 5.10 Å². The molecule has 0 bridgehead atoms. The molecule has 0 aliphatic carbocycles. The average molecular weight is 271 g/mol. The standard InChI is InChI=1S/C15H21N5/c1-10-11(2)18-19-15(12(10)9-16)17-13-6-8-20-7-4-3-5-14(13)20/h13-14H,3-8H2,1-2H3,(H,17,19). The van der Waals surface area contributed by atoms with Crippen LogP contribution in [0.3, 0.4) is 0 Å². The molecule has 2 aliphatic heterocycles. The molecule has 3 rings (SSSR count). The third-order valence-electron chi connectivity index (χ3n) is 4.74. The average Bonchev–Trinajstić information content (AvgIpc) is 2.87. The van der Waals surface area contributed by atoms with E-state index in [1.807, 2.05) is 13.8 Å². The first-order chi connectivity index (χ1) is 9.70. The molecule has 3 heterocycles. The Morgan fingerprint density at radius 3 is 2.85 bits per heavy atom. The van der Waals surface area contributed by atoms with E-state index in [2.05, 4.69) is 26.5 Å². The third-order valence-corrected chi connectivity index (χ3v) is 4.74. The Balaban J connectivity index is 1.82. The number of hydrogen-bond acceptors (Lipinski definition) is 5. The van der Waals surface area contributed by atoms with E-state index in [0.29, 0.717) is 23.5 Å². The largest absolute Gasteiger partial charge is 0.363 e. The van der Waals surface area contributed by atoms with Gasteiger partial charge in [-0.25, -0.2) is 0 Å². The molecule has 0 radical (unpaired) electrons. The van der Waals surface area contributed by atoms with Crippen molar-refractivity contribution in [3.63, 3.8) is 0 Å². The number of nitrogens with one attached hydrogen (secondary N) is 1. The minimum atomic E-state index is 0.402. The second kappa shape index (κ2) is 5.37. The molecule has 20 heavy (non-hydrogen) atoms. The Bertz CT molecular complexity index is 548. The summed E-state index contributed by atoms with van der Waals surface area (Å²) in [7, 11) is 0. The Morgan fingerprint density at radius 1 is 1.20 bits per heavy atom. The zero-order chi connectivity index (χ0) is 14.1. The van der Waals surface area contributed by atoms with E-state index in [4.69, 9.17) is 0 Å². The van der Waals surface area contributed by atoms with Crippen LogP contribution in [0.5, 0.6) is 0 Å². The maximum atomic E-state index is 9.36. The molecule has 2 unspecified atom stereocenters. The normalized spacial score (nSPS) is 26.1. The zero-order valence-electron chi connectivity index (χ0n) is 12.2. The number of nitrogens with zero attached hydrogens (tertiary/aromatic N) is 4. The fourth-order valence-corrected chi connectivity index (χ4v) is 3.44. The molecule has 5 heteroatoms. The smallest absolute Gasteiger partial charge is 0.167 e. The van der Waals surface area contributed by atoms with Crippen LogP contribution in [0.15, 0.2) is 0 Å². The lowest BCUT2D eigenvalue weighted by Crippen LogP contribution is -2.42. The molecule has 2 aliphatic rings. The van der Waals surface area contributed by atoms with Gasteiger partial charge in [-0.2, -0.15) is 10.4 Å². The van der Waals surface area contributed by atoms with Gasteiger partial charge in [0.15, 0.2) is 5.82 Å². The van der Waals surface area contributed by atoms with Gasteiger partial charge in [-0.1, -0.05) is 6.42 Å². The Labute approximate surface area is 120 Å². The summed E-state index contributed by atoms with van der Waals surface area (Å²) in [6.07, 6.45) is 5.00. The molecule has 106 valence electrons. The van der Waals surface area contributed by atoms with E-state index in [0.717, 1.165) is 24.2 Å². The molecule has 5 nitrogen and oxygen atoms in total. The van der Waals surface area contributed by atoms with E-state index in [-0.39, 0.29) is 0 Å². The van der Waals surface area contributed by atoms with Crippen LogP contribution in [0.4, 0.5) is 5.82 Å². The van der Waals surface area contributed by atoms with Crippen molar-refractivity contribution in [1.82, 2.24) is 15.1 Å². The van der Waals surface area contributed by atoms with Crippen LogP contribution < -0.4 is 5.32 Å². The number of aryl methyl sites for hydroxylation is 1. The van der Waals surface area contributed by atoms with Crippen molar-refractivity contribution >= 4 is 5.82 Å². The van der Waals surface area contributed by atoms with Crippen molar-refractivity contribution < 1.29 is 0 Å². The van der Waals surface area contributed by atoms with Crippen LogP contribution in [-0.4, -0.2) is 40.3 Å². The van der Waals surface area contributed by atoms with Crippen LogP contribution in [0.25, 0.3) is 0 Å². The van der Waals surface area contributed by atoms with E-state index in [1.165, 1.54) is 25.8 Å². The Hall–Kier alpha value is -1.67. The molecule has 2 saturated heterocycles. The molecule has 2 fully saturated rings. The van der Waals surface area contributed by atoms with E-state index in [1.54, 1.807) is 0 Å². The number of anilines is 1. The van der Waals surface area contributed by atoms with Crippen molar-refractivity contribution in [2.75, 3.05) is 18.4 Å². The van der Waals surface area contributed by atoms with Gasteiger partial charge in [0.05, 0.1) is 5.69 Å². The first-order valence-corrected chi connectivity index (χ1v) is 7.45. The van der Waals surface area contributed by atoms with Gasteiger partial charge in [-0.05, 0) is 45.2 Å². The number of fused-ring (bicyclic) bond motifs is 1. The minimum absolute atomic E-state index is 0.402. The predicted molar refractivity (Wildman–Crippen MR) is 77.5 cm³/mol. The fourth-order valence-electron chi connectivity index (χ4n) is 3.44. The molecule has 2 atom stereocenters. The van der Waals surface area contributed by atoms with Crippen LogP contribution in [-0.2, 0) is 0 Å². The predicted octanol–water partition coefficient (Wildman–Crippen LogP) is 2.00. The number of piperidine rings is 1. The van der Waals surface area contributed by atoms with Gasteiger partial charge in [-0.3, -0.25) is 4.90 Å². The fraction of sp³-hybridized carbons (Fsp3) is 0.667. The molecular formula is C15H21N5. The lowest BCUT2D eigenvalue weighted by molar-refractivity contribution is 0.192. The summed E-state index contributed by atoms with van der Waals surface area (Å²) in [5.74, 6) is 0.660. The molecule has 0 spiro atoms. The zero-order valence-corrected chi connectivity index (χ0v) is 12.2. The number of rotatable bonds is 2. The van der Waals surface area contributed by atoms with Crippen molar-refractivity contribution in [1.29, 1.82) is 5.26 Å². The van der Waals surface area contributed by atoms with Crippen LogP contribution >= 0.6 is 0 Å². The molecule has 1 N–H and O–H groups in total. The van der Waals surface area contributed by atoms with Gasteiger partial charge in [0, 0.05) is 18.6 Å². The number of aromatic nitrogens is 2. The van der Waals surface area contributed by atoms with Crippen LogP contribution in [0.2, 0.25) is 0 Å². The highest BCUT2D eigenvalue weighted by atomic mass is 15.3. The lowest BCUT2D eigenvalue weighted by Gasteiger charge is -2.32. The molecule has 1 aromatic heterocycles. The van der Waals surface area contributed by atoms with Crippen molar-refractivity contribution in [2.24, 2.45) is 0 Å². The molecule has 0 amide bonds. The quantitative estimate of drug-likeness (QED) is 0.891. The third kappa shape index (κ3) is 2.25. The lowest BCUT2D eigenvalue weighted by atomic mass is 9.99. The van der Waals surface area contributed by atoms with Gasteiger partial charge < -0.3 is 5.32 Å². The summed E-state index contributed by atoms with van der Waals surface area (Å²) in [5, 5.41) is 21.2. The Morgan fingerprint density at radius 2 is 2.05 bits per heavy atom. The highest BCUT2D eigenvalue weighted by Crippen LogP contribution is 2.30. The second-order valence-electron chi connectivity index (χ2n) is 5.88. The first-order valence-electron chi connectivity index (χ1n) is 7.45. The second-order valence-corrected chi connectivity index (χ2v) is 5.88. The topological polar surface area (TPSA) is 64.8 Å². The Kier molecular flexibility index (Phi) is 3.58. The van der Waals surface area contributed by atoms with Gasteiger partial charge in [0.1, 0.15) is 11.6 Å². The monoisotopic (exact) mass is 271 g/mol. The summed E-state index contributed by atoms with van der Waals surface area (Å²) in [5.41, 5.74) is 2.41. The SMILES string of the molecule is Cc1nnc(NC2CCN3CCCCC23)c(C#N)c1C.